The first-order chi connectivity index (χ1) is 9.15. The van der Waals surface area contributed by atoms with Crippen molar-refractivity contribution in [2.75, 3.05) is 11.8 Å². The van der Waals surface area contributed by atoms with Crippen LogP contribution in [0.25, 0.3) is 0 Å². The van der Waals surface area contributed by atoms with Crippen LogP contribution in [0.15, 0.2) is 30.3 Å². The third-order valence-corrected chi connectivity index (χ3v) is 2.96. The minimum atomic E-state index is -0.460. The predicted molar refractivity (Wildman–Crippen MR) is 76.3 cm³/mol. The van der Waals surface area contributed by atoms with Crippen molar-refractivity contribution >= 4 is 35.0 Å². The van der Waals surface area contributed by atoms with Gasteiger partial charge in [-0.05, 0) is 18.4 Å². The SMILES string of the molecule is O=C(CCl)NC(CCc1ccccc1)NC(=O)CCl. The Morgan fingerprint density at radius 1 is 1.00 bits per heavy atom. The van der Waals surface area contributed by atoms with Gasteiger partial charge in [-0.3, -0.25) is 9.59 Å². The van der Waals surface area contributed by atoms with Gasteiger partial charge in [0.2, 0.25) is 11.8 Å². The van der Waals surface area contributed by atoms with Crippen molar-refractivity contribution in [3.05, 3.63) is 35.9 Å². The number of amides is 2. The van der Waals surface area contributed by atoms with E-state index in [1.54, 1.807) is 0 Å². The van der Waals surface area contributed by atoms with Crippen molar-refractivity contribution in [2.24, 2.45) is 0 Å². The summed E-state index contributed by atoms with van der Waals surface area (Å²) in [6.07, 6.45) is 0.851. The van der Waals surface area contributed by atoms with Gasteiger partial charge in [-0.15, -0.1) is 23.2 Å². The van der Waals surface area contributed by atoms with E-state index in [-0.39, 0.29) is 23.6 Å². The second kappa shape index (κ2) is 8.77. The molecule has 0 atom stereocenters. The Kier molecular flexibility index (Phi) is 7.30. The van der Waals surface area contributed by atoms with Crippen LogP contribution in [0.2, 0.25) is 0 Å². The van der Waals surface area contributed by atoms with Gasteiger partial charge in [-0.2, -0.15) is 0 Å². The number of nitrogens with one attached hydrogen (secondary N) is 2. The van der Waals surface area contributed by atoms with Crippen molar-refractivity contribution in [1.82, 2.24) is 10.6 Å². The molecule has 2 N–H and O–H groups in total. The molecule has 104 valence electrons. The van der Waals surface area contributed by atoms with E-state index in [1.807, 2.05) is 30.3 Å². The first-order valence-electron chi connectivity index (χ1n) is 5.90. The zero-order valence-corrected chi connectivity index (χ0v) is 11.9. The van der Waals surface area contributed by atoms with Gasteiger partial charge in [-0.1, -0.05) is 30.3 Å². The lowest BCUT2D eigenvalue weighted by molar-refractivity contribution is -0.121. The first kappa shape index (κ1) is 15.8. The second-order valence-electron chi connectivity index (χ2n) is 3.98. The molecular formula is C13H16Cl2N2O2. The van der Waals surface area contributed by atoms with Crippen LogP contribution in [0.4, 0.5) is 0 Å². The summed E-state index contributed by atoms with van der Waals surface area (Å²) >= 11 is 10.9. The fraction of sp³-hybridized carbons (Fsp3) is 0.385. The zero-order valence-electron chi connectivity index (χ0n) is 10.4. The number of rotatable bonds is 7. The fourth-order valence-corrected chi connectivity index (χ4v) is 1.76. The summed E-state index contributed by atoms with van der Waals surface area (Å²) in [6.45, 7) is 0. The maximum absolute atomic E-state index is 11.3. The Morgan fingerprint density at radius 3 is 2.00 bits per heavy atom. The molecule has 0 aromatic heterocycles. The Morgan fingerprint density at radius 2 is 1.53 bits per heavy atom. The molecular weight excluding hydrogens is 287 g/mol. The molecule has 0 aliphatic carbocycles. The number of hydrogen-bond acceptors (Lipinski definition) is 2. The number of benzene rings is 1. The molecule has 0 aliphatic heterocycles. The number of alkyl halides is 2. The van der Waals surface area contributed by atoms with Crippen LogP contribution in [0.1, 0.15) is 12.0 Å². The molecule has 1 aromatic carbocycles. The molecule has 0 saturated carbocycles. The van der Waals surface area contributed by atoms with E-state index in [9.17, 15) is 9.59 Å². The van der Waals surface area contributed by atoms with Gasteiger partial charge in [0.05, 0.1) is 0 Å². The van der Waals surface area contributed by atoms with E-state index >= 15 is 0 Å². The van der Waals surface area contributed by atoms with Gasteiger partial charge >= 0.3 is 0 Å². The lowest BCUT2D eigenvalue weighted by atomic mass is 10.1. The third-order valence-electron chi connectivity index (χ3n) is 2.48. The van der Waals surface area contributed by atoms with Crippen LogP contribution in [-0.2, 0) is 16.0 Å². The molecule has 0 spiro atoms. The van der Waals surface area contributed by atoms with Crippen molar-refractivity contribution in [3.8, 4) is 0 Å². The van der Waals surface area contributed by atoms with Crippen molar-refractivity contribution in [1.29, 1.82) is 0 Å². The minimum absolute atomic E-state index is 0.140. The molecule has 0 heterocycles. The van der Waals surface area contributed by atoms with E-state index in [0.29, 0.717) is 6.42 Å². The highest BCUT2D eigenvalue weighted by Crippen LogP contribution is 2.04. The average Bonchev–Trinajstić information content (AvgIpc) is 2.45. The predicted octanol–water partition coefficient (Wildman–Crippen LogP) is 1.66. The Bertz CT molecular complexity index is 394. The van der Waals surface area contributed by atoms with E-state index in [0.717, 1.165) is 12.0 Å². The highest BCUT2D eigenvalue weighted by Gasteiger charge is 2.13. The van der Waals surface area contributed by atoms with Crippen molar-refractivity contribution < 1.29 is 9.59 Å². The van der Waals surface area contributed by atoms with Gasteiger partial charge < -0.3 is 10.6 Å². The Balaban J connectivity index is 2.53. The molecule has 0 unspecified atom stereocenters. The summed E-state index contributed by atoms with van der Waals surface area (Å²) in [5.41, 5.74) is 1.13. The second-order valence-corrected chi connectivity index (χ2v) is 4.51. The number of aryl methyl sites for hydroxylation is 1. The Labute approximate surface area is 122 Å². The molecule has 6 heteroatoms. The van der Waals surface area contributed by atoms with Crippen molar-refractivity contribution in [3.63, 3.8) is 0 Å². The Hall–Kier alpha value is -1.26. The van der Waals surface area contributed by atoms with E-state index in [1.165, 1.54) is 0 Å². The van der Waals surface area contributed by atoms with Crippen LogP contribution >= 0.6 is 23.2 Å². The topological polar surface area (TPSA) is 58.2 Å². The summed E-state index contributed by atoms with van der Waals surface area (Å²) in [6, 6.07) is 9.80. The van der Waals surface area contributed by atoms with Crippen LogP contribution in [0.5, 0.6) is 0 Å². The zero-order chi connectivity index (χ0) is 14.1. The summed E-state index contributed by atoms with van der Waals surface area (Å²) in [4.78, 5) is 22.6. The van der Waals surface area contributed by atoms with Gasteiger partial charge in [0.15, 0.2) is 0 Å². The molecule has 0 radical (unpaired) electrons. The summed E-state index contributed by atoms with van der Waals surface area (Å²) in [7, 11) is 0. The third kappa shape index (κ3) is 6.45. The highest BCUT2D eigenvalue weighted by atomic mass is 35.5. The monoisotopic (exact) mass is 302 g/mol. The number of hydrogen-bond donors (Lipinski definition) is 2. The standard InChI is InChI=1S/C13H16Cl2N2O2/c14-8-12(18)16-11(17-13(19)9-15)7-6-10-4-2-1-3-5-10/h1-5,11H,6-9H2,(H,16,18)(H,17,19). The van der Waals surface area contributed by atoms with Crippen LogP contribution < -0.4 is 10.6 Å². The minimum Gasteiger partial charge on any atom is -0.335 e. The van der Waals surface area contributed by atoms with Crippen molar-refractivity contribution in [2.45, 2.75) is 19.0 Å². The van der Waals surface area contributed by atoms with Crippen LogP contribution in [0, 0.1) is 0 Å². The molecule has 0 aliphatic rings. The first-order valence-corrected chi connectivity index (χ1v) is 6.97. The lowest BCUT2D eigenvalue weighted by Gasteiger charge is -2.19. The molecule has 0 saturated heterocycles. The summed E-state index contributed by atoms with van der Waals surface area (Å²) < 4.78 is 0. The smallest absolute Gasteiger partial charge is 0.236 e. The van der Waals surface area contributed by atoms with E-state index in [4.69, 9.17) is 23.2 Å². The van der Waals surface area contributed by atoms with Gasteiger partial charge in [0.25, 0.3) is 0 Å². The highest BCUT2D eigenvalue weighted by molar-refractivity contribution is 6.27. The van der Waals surface area contributed by atoms with E-state index < -0.39 is 6.17 Å². The maximum atomic E-state index is 11.3. The van der Waals surface area contributed by atoms with Gasteiger partial charge in [-0.25, -0.2) is 0 Å². The van der Waals surface area contributed by atoms with Gasteiger partial charge in [0, 0.05) is 0 Å². The average molecular weight is 303 g/mol. The number of carbonyl (C=O) groups is 2. The van der Waals surface area contributed by atoms with E-state index in [2.05, 4.69) is 10.6 Å². The van der Waals surface area contributed by atoms with Gasteiger partial charge in [0.1, 0.15) is 17.9 Å². The summed E-state index contributed by atoms with van der Waals surface area (Å²) in [5.74, 6) is -0.929. The summed E-state index contributed by atoms with van der Waals surface area (Å²) in [5, 5.41) is 5.28. The quantitative estimate of drug-likeness (QED) is 0.594. The number of carbonyl (C=O) groups excluding carboxylic acids is 2. The molecule has 0 bridgehead atoms. The maximum Gasteiger partial charge on any atom is 0.236 e. The molecule has 19 heavy (non-hydrogen) atoms. The lowest BCUT2D eigenvalue weighted by Crippen LogP contribution is -2.49. The normalized spacial score (nSPS) is 10.3. The fourth-order valence-electron chi connectivity index (χ4n) is 1.60. The largest absolute Gasteiger partial charge is 0.335 e. The molecule has 0 fully saturated rings. The number of halogens is 2. The van der Waals surface area contributed by atoms with Crippen LogP contribution in [-0.4, -0.2) is 29.7 Å². The molecule has 1 aromatic rings. The molecule has 4 nitrogen and oxygen atoms in total. The molecule has 2 amide bonds. The molecule has 1 rings (SSSR count). The van der Waals surface area contributed by atoms with Crippen LogP contribution in [0.3, 0.4) is 0 Å².